The number of halogens is 1. The van der Waals surface area contributed by atoms with Crippen LogP contribution in [0.1, 0.15) is 28.4 Å². The van der Waals surface area contributed by atoms with Crippen molar-refractivity contribution < 1.29 is 22.7 Å². The highest BCUT2D eigenvalue weighted by molar-refractivity contribution is 7.92. The van der Waals surface area contributed by atoms with E-state index >= 15 is 0 Å². The maximum Gasteiger partial charge on any atom is 0.409 e. The quantitative estimate of drug-likeness (QED) is 0.705. The molecule has 2 aromatic rings. The Kier molecular flexibility index (Phi) is 7.30. The lowest BCUT2D eigenvalue weighted by Gasteiger charge is -2.34. The van der Waals surface area contributed by atoms with Crippen molar-refractivity contribution in [2.24, 2.45) is 0 Å². The smallest absolute Gasteiger partial charge is 0.409 e. The van der Waals surface area contributed by atoms with Crippen LogP contribution in [0.25, 0.3) is 0 Å². The summed E-state index contributed by atoms with van der Waals surface area (Å²) in [6.45, 7) is 7.18. The molecule has 3 rings (SSSR count). The number of carbonyl (C=O) groups excluding carboxylic acids is 2. The van der Waals surface area contributed by atoms with Gasteiger partial charge in [-0.15, -0.1) is 0 Å². The second-order valence-corrected chi connectivity index (χ2v) is 9.59. The van der Waals surface area contributed by atoms with E-state index in [9.17, 15) is 18.0 Å². The predicted octanol–water partition coefficient (Wildman–Crippen LogP) is 3.67. The van der Waals surface area contributed by atoms with Gasteiger partial charge < -0.3 is 14.5 Å². The first-order valence-corrected chi connectivity index (χ1v) is 12.1. The highest BCUT2D eigenvalue weighted by atomic mass is 35.5. The molecule has 10 heteroatoms. The Morgan fingerprint density at radius 2 is 1.66 bits per heavy atom. The number of ether oxygens (including phenoxy) is 1. The number of piperazine rings is 1. The second kappa shape index (κ2) is 9.79. The Morgan fingerprint density at radius 3 is 2.28 bits per heavy atom. The minimum atomic E-state index is -4.01. The van der Waals surface area contributed by atoms with Gasteiger partial charge in [-0.25, -0.2) is 13.2 Å². The number of amides is 2. The van der Waals surface area contributed by atoms with Gasteiger partial charge in [0, 0.05) is 37.4 Å². The number of rotatable bonds is 5. The highest BCUT2D eigenvalue weighted by Crippen LogP contribution is 2.26. The maximum atomic E-state index is 13.0. The summed E-state index contributed by atoms with van der Waals surface area (Å²) in [5.41, 5.74) is 2.61. The van der Waals surface area contributed by atoms with Crippen molar-refractivity contribution in [1.29, 1.82) is 0 Å². The Bertz CT molecular complexity index is 1130. The molecule has 2 aromatic carbocycles. The van der Waals surface area contributed by atoms with Gasteiger partial charge in [-0.1, -0.05) is 17.7 Å². The van der Waals surface area contributed by atoms with Gasteiger partial charge >= 0.3 is 6.09 Å². The third-order valence-corrected chi connectivity index (χ3v) is 7.18. The SMILES string of the molecule is CCOC(=O)N1CCN(C(=O)c2ccc(Cl)c(S(=O)(=O)Nc3ccc(C)c(C)c3)c2)CC1. The minimum Gasteiger partial charge on any atom is -0.450 e. The molecule has 1 heterocycles. The van der Waals surface area contributed by atoms with Gasteiger partial charge in [0.15, 0.2) is 0 Å². The molecular weight excluding hydrogens is 454 g/mol. The molecule has 172 valence electrons. The molecule has 2 amide bonds. The van der Waals surface area contributed by atoms with Crippen LogP contribution in [-0.4, -0.2) is 63.0 Å². The van der Waals surface area contributed by atoms with E-state index in [0.717, 1.165) is 11.1 Å². The van der Waals surface area contributed by atoms with E-state index in [1.807, 2.05) is 19.9 Å². The number of benzene rings is 2. The van der Waals surface area contributed by atoms with Gasteiger partial charge in [-0.3, -0.25) is 9.52 Å². The topological polar surface area (TPSA) is 96.0 Å². The van der Waals surface area contributed by atoms with Crippen LogP contribution in [-0.2, 0) is 14.8 Å². The van der Waals surface area contributed by atoms with E-state index in [1.165, 1.54) is 18.2 Å². The lowest BCUT2D eigenvalue weighted by molar-refractivity contribution is 0.0570. The molecule has 0 aliphatic carbocycles. The van der Waals surface area contributed by atoms with E-state index in [4.69, 9.17) is 16.3 Å². The van der Waals surface area contributed by atoms with Gasteiger partial charge in [-0.05, 0) is 62.2 Å². The van der Waals surface area contributed by atoms with E-state index in [0.29, 0.717) is 31.9 Å². The van der Waals surface area contributed by atoms with Crippen LogP contribution in [0, 0.1) is 13.8 Å². The third kappa shape index (κ3) is 5.34. The summed E-state index contributed by atoms with van der Waals surface area (Å²) in [7, 11) is -4.01. The Hall–Kier alpha value is -2.78. The summed E-state index contributed by atoms with van der Waals surface area (Å²) in [4.78, 5) is 27.7. The molecule has 0 bridgehead atoms. The van der Waals surface area contributed by atoms with E-state index in [2.05, 4.69) is 4.72 Å². The van der Waals surface area contributed by atoms with Crippen LogP contribution in [0.5, 0.6) is 0 Å². The maximum absolute atomic E-state index is 13.0. The Balaban J connectivity index is 1.77. The summed E-state index contributed by atoms with van der Waals surface area (Å²) in [5.74, 6) is -0.326. The zero-order chi connectivity index (χ0) is 23.5. The molecule has 0 saturated carbocycles. The Labute approximate surface area is 193 Å². The zero-order valence-electron chi connectivity index (χ0n) is 18.2. The van der Waals surface area contributed by atoms with Crippen LogP contribution in [0.4, 0.5) is 10.5 Å². The number of sulfonamides is 1. The molecule has 1 N–H and O–H groups in total. The van der Waals surface area contributed by atoms with Crippen molar-refractivity contribution in [1.82, 2.24) is 9.80 Å². The highest BCUT2D eigenvalue weighted by Gasteiger charge is 2.27. The van der Waals surface area contributed by atoms with Crippen molar-refractivity contribution in [3.05, 3.63) is 58.1 Å². The summed E-state index contributed by atoms with van der Waals surface area (Å²) in [5, 5.41) is 0.0185. The van der Waals surface area contributed by atoms with Gasteiger partial charge in [0.25, 0.3) is 15.9 Å². The first kappa shape index (κ1) is 23.9. The first-order chi connectivity index (χ1) is 15.1. The van der Waals surface area contributed by atoms with Crippen LogP contribution >= 0.6 is 11.6 Å². The average Bonchev–Trinajstić information content (AvgIpc) is 2.76. The minimum absolute atomic E-state index is 0.0185. The van der Waals surface area contributed by atoms with Crippen LogP contribution < -0.4 is 4.72 Å². The van der Waals surface area contributed by atoms with Crippen molar-refractivity contribution in [2.45, 2.75) is 25.7 Å². The number of nitrogens with one attached hydrogen (secondary N) is 1. The number of anilines is 1. The number of nitrogens with zero attached hydrogens (tertiary/aromatic N) is 2. The molecule has 0 unspecified atom stereocenters. The summed E-state index contributed by atoms with van der Waals surface area (Å²) < 4.78 is 33.5. The molecule has 0 atom stereocenters. The van der Waals surface area contributed by atoms with Crippen molar-refractivity contribution in [2.75, 3.05) is 37.5 Å². The fourth-order valence-corrected chi connectivity index (χ4v) is 4.92. The summed E-state index contributed by atoms with van der Waals surface area (Å²) >= 11 is 6.18. The molecule has 1 aliphatic rings. The molecule has 0 aromatic heterocycles. The fourth-order valence-electron chi connectivity index (χ4n) is 3.35. The summed E-state index contributed by atoms with van der Waals surface area (Å²) in [6, 6.07) is 9.41. The first-order valence-electron chi connectivity index (χ1n) is 10.2. The van der Waals surface area contributed by atoms with Gasteiger partial charge in [-0.2, -0.15) is 0 Å². The average molecular weight is 480 g/mol. The van der Waals surface area contributed by atoms with Crippen molar-refractivity contribution in [3.63, 3.8) is 0 Å². The number of hydrogen-bond acceptors (Lipinski definition) is 5. The molecular formula is C22H26ClN3O5S. The molecule has 1 fully saturated rings. The third-order valence-electron chi connectivity index (χ3n) is 5.32. The second-order valence-electron chi connectivity index (χ2n) is 7.53. The van der Waals surface area contributed by atoms with Gasteiger partial charge in [0.1, 0.15) is 4.90 Å². The lowest BCUT2D eigenvalue weighted by atomic mass is 10.1. The molecule has 32 heavy (non-hydrogen) atoms. The van der Waals surface area contributed by atoms with E-state index in [1.54, 1.807) is 28.9 Å². The lowest BCUT2D eigenvalue weighted by Crippen LogP contribution is -2.50. The largest absolute Gasteiger partial charge is 0.450 e. The normalized spacial score (nSPS) is 14.2. The molecule has 0 radical (unpaired) electrons. The van der Waals surface area contributed by atoms with Gasteiger partial charge in [0.2, 0.25) is 0 Å². The predicted molar refractivity (Wildman–Crippen MR) is 123 cm³/mol. The van der Waals surface area contributed by atoms with Gasteiger partial charge in [0.05, 0.1) is 11.6 Å². The zero-order valence-corrected chi connectivity index (χ0v) is 19.8. The van der Waals surface area contributed by atoms with Crippen LogP contribution in [0.3, 0.4) is 0 Å². The van der Waals surface area contributed by atoms with E-state index < -0.39 is 16.1 Å². The van der Waals surface area contributed by atoms with Crippen LogP contribution in [0.15, 0.2) is 41.3 Å². The Morgan fingerprint density at radius 1 is 1.00 bits per heavy atom. The monoisotopic (exact) mass is 479 g/mol. The molecule has 1 saturated heterocycles. The standard InChI is InChI=1S/C22H26ClN3O5S/c1-4-31-22(28)26-11-9-25(10-12-26)21(27)17-6-8-19(23)20(14-17)32(29,30)24-18-7-5-15(2)16(3)13-18/h5-8,13-14,24H,4,9-12H2,1-3H3. The number of hydrogen-bond donors (Lipinski definition) is 1. The fraction of sp³-hybridized carbons (Fsp3) is 0.364. The van der Waals surface area contributed by atoms with E-state index in [-0.39, 0.29) is 28.0 Å². The van der Waals surface area contributed by atoms with Crippen molar-refractivity contribution >= 4 is 39.3 Å². The van der Waals surface area contributed by atoms with Crippen molar-refractivity contribution in [3.8, 4) is 0 Å². The number of carbonyl (C=O) groups is 2. The summed E-state index contributed by atoms with van der Waals surface area (Å²) in [6.07, 6.45) is -0.406. The molecule has 0 spiro atoms. The molecule has 8 nitrogen and oxygen atoms in total. The van der Waals surface area contributed by atoms with Crippen LogP contribution in [0.2, 0.25) is 5.02 Å². The number of aryl methyl sites for hydroxylation is 2. The molecule has 1 aliphatic heterocycles.